The summed E-state index contributed by atoms with van der Waals surface area (Å²) in [5.41, 5.74) is 3.23. The monoisotopic (exact) mass is 433 g/mol. The van der Waals surface area contributed by atoms with E-state index in [9.17, 15) is 9.59 Å². The van der Waals surface area contributed by atoms with E-state index in [0.29, 0.717) is 17.2 Å². The van der Waals surface area contributed by atoms with Crippen molar-refractivity contribution >= 4 is 29.0 Å². The zero-order valence-electron chi connectivity index (χ0n) is 18.0. The number of nitrogens with zero attached hydrogens (tertiary/aromatic N) is 6. The molecule has 1 N–H and O–H groups in total. The fourth-order valence-corrected chi connectivity index (χ4v) is 3.47. The highest BCUT2D eigenvalue weighted by Gasteiger charge is 2.37. The number of esters is 1. The average Bonchev–Trinajstić information content (AvgIpc) is 3.43. The van der Waals surface area contributed by atoms with Crippen molar-refractivity contribution in [3.63, 3.8) is 0 Å². The number of hydrogen-bond donors (Lipinski definition) is 1. The number of para-hydroxylation sites is 1. The second kappa shape index (κ2) is 8.96. The van der Waals surface area contributed by atoms with Gasteiger partial charge in [0.05, 0.1) is 18.0 Å². The molecule has 1 aliphatic heterocycles. The van der Waals surface area contributed by atoms with Gasteiger partial charge in [0.2, 0.25) is 5.91 Å². The number of hydrazone groups is 1. The summed E-state index contributed by atoms with van der Waals surface area (Å²) >= 11 is 0. The Balaban J connectivity index is 1.59. The molecule has 0 spiro atoms. The summed E-state index contributed by atoms with van der Waals surface area (Å²) in [7, 11) is 0. The van der Waals surface area contributed by atoms with Crippen LogP contribution in [0.15, 0.2) is 53.6 Å². The van der Waals surface area contributed by atoms with E-state index < -0.39 is 12.0 Å². The third-order valence-electron chi connectivity index (χ3n) is 5.08. The predicted octanol–water partition coefficient (Wildman–Crippen LogP) is 2.42. The molecule has 4 rings (SSSR count). The minimum absolute atomic E-state index is 0.143. The number of anilines is 2. The van der Waals surface area contributed by atoms with Crippen molar-refractivity contribution in [2.24, 2.45) is 5.10 Å². The van der Waals surface area contributed by atoms with Crippen molar-refractivity contribution in [2.75, 3.05) is 16.9 Å². The smallest absolute Gasteiger partial charge is 0.354 e. The molecule has 1 aliphatic rings. The van der Waals surface area contributed by atoms with E-state index >= 15 is 0 Å². The summed E-state index contributed by atoms with van der Waals surface area (Å²) < 4.78 is 6.70. The van der Waals surface area contributed by atoms with Crippen LogP contribution in [0.25, 0.3) is 5.69 Å². The van der Waals surface area contributed by atoms with E-state index in [1.165, 1.54) is 0 Å². The van der Waals surface area contributed by atoms with Gasteiger partial charge in [-0.15, -0.1) is 5.10 Å². The van der Waals surface area contributed by atoms with Crippen LogP contribution in [0.4, 0.5) is 11.4 Å². The maximum absolute atomic E-state index is 13.2. The molecule has 1 atom stereocenters. The molecule has 2 aromatic carbocycles. The lowest BCUT2D eigenvalue weighted by Gasteiger charge is -2.23. The second-order valence-electron chi connectivity index (χ2n) is 7.30. The molecule has 0 fully saturated rings. The molecule has 1 unspecified atom stereocenters. The van der Waals surface area contributed by atoms with Crippen molar-refractivity contribution < 1.29 is 14.3 Å². The third kappa shape index (κ3) is 4.20. The number of benzene rings is 2. The van der Waals surface area contributed by atoms with Gasteiger partial charge in [0.15, 0.2) is 5.82 Å². The number of tetrazole rings is 1. The first kappa shape index (κ1) is 21.2. The average molecular weight is 433 g/mol. The van der Waals surface area contributed by atoms with Crippen LogP contribution in [0.2, 0.25) is 0 Å². The molecule has 0 saturated heterocycles. The normalized spacial score (nSPS) is 15.4. The molecule has 10 nitrogen and oxygen atoms in total. The number of carbonyl (C=O) groups is 2. The first-order chi connectivity index (χ1) is 15.5. The Hall–Kier alpha value is -4.08. The van der Waals surface area contributed by atoms with Gasteiger partial charge < -0.3 is 10.1 Å². The molecule has 1 amide bonds. The Bertz CT molecular complexity index is 1170. The number of nitrogens with one attached hydrogen (secondary N) is 1. The van der Waals surface area contributed by atoms with Crippen molar-refractivity contribution in [3.8, 4) is 5.69 Å². The second-order valence-corrected chi connectivity index (χ2v) is 7.30. The lowest BCUT2D eigenvalue weighted by atomic mass is 10.1. The maximum atomic E-state index is 13.2. The van der Waals surface area contributed by atoms with Crippen molar-refractivity contribution in [1.29, 1.82) is 0 Å². The maximum Gasteiger partial charge on any atom is 0.354 e. The first-order valence-electron chi connectivity index (χ1n) is 10.2. The number of aryl methyl sites for hydroxylation is 2. The summed E-state index contributed by atoms with van der Waals surface area (Å²) in [6, 6.07) is 14.1. The molecule has 1 aromatic heterocycles. The van der Waals surface area contributed by atoms with Gasteiger partial charge in [0.25, 0.3) is 0 Å². The molecular weight excluding hydrogens is 410 g/mol. The van der Waals surface area contributed by atoms with E-state index in [4.69, 9.17) is 4.74 Å². The van der Waals surface area contributed by atoms with E-state index in [1.54, 1.807) is 23.5 Å². The number of ether oxygens (including phenoxy) is 1. The molecule has 0 radical (unpaired) electrons. The van der Waals surface area contributed by atoms with Gasteiger partial charge in [0, 0.05) is 12.1 Å². The number of amides is 1. The highest BCUT2D eigenvalue weighted by atomic mass is 16.5. The van der Waals surface area contributed by atoms with Crippen LogP contribution in [-0.2, 0) is 14.3 Å². The standard InChI is InChI=1S/C22H23N7O3/c1-4-32-22(31)18-13-20(29(25-18)17-8-6-5-7-9-17)21(30)23-16-11-10-14(2)19(12-16)28-15(3)24-26-27-28/h5-12,20H,4,13H2,1-3H3,(H,23,30). The van der Waals surface area contributed by atoms with Gasteiger partial charge >= 0.3 is 5.97 Å². The molecule has 32 heavy (non-hydrogen) atoms. The Kier molecular flexibility index (Phi) is 5.93. The summed E-state index contributed by atoms with van der Waals surface area (Å²) in [6.45, 7) is 5.71. The lowest BCUT2D eigenvalue weighted by Crippen LogP contribution is -2.38. The Labute approximate surface area is 184 Å². The van der Waals surface area contributed by atoms with Gasteiger partial charge in [-0.25, -0.2) is 4.79 Å². The van der Waals surface area contributed by atoms with E-state index in [-0.39, 0.29) is 24.6 Å². The Morgan fingerprint density at radius 3 is 2.62 bits per heavy atom. The zero-order chi connectivity index (χ0) is 22.7. The Morgan fingerprint density at radius 1 is 1.16 bits per heavy atom. The van der Waals surface area contributed by atoms with Gasteiger partial charge in [-0.2, -0.15) is 9.78 Å². The highest BCUT2D eigenvalue weighted by Crippen LogP contribution is 2.27. The minimum atomic E-state index is -0.698. The molecular formula is C22H23N7O3. The SMILES string of the molecule is CCOC(=O)C1=NN(c2ccccc2)C(C(=O)Nc2ccc(C)c(-n3nnnc3C)c2)C1. The van der Waals surface area contributed by atoms with Crippen LogP contribution in [0, 0.1) is 13.8 Å². The Morgan fingerprint density at radius 2 is 1.94 bits per heavy atom. The molecule has 0 aliphatic carbocycles. The van der Waals surface area contributed by atoms with Gasteiger partial charge in [-0.1, -0.05) is 24.3 Å². The molecule has 3 aromatic rings. The van der Waals surface area contributed by atoms with Crippen LogP contribution in [-0.4, -0.2) is 50.4 Å². The van der Waals surface area contributed by atoms with E-state index in [0.717, 1.165) is 11.3 Å². The lowest BCUT2D eigenvalue weighted by molar-refractivity contribution is -0.135. The van der Waals surface area contributed by atoms with Gasteiger partial charge in [-0.05, 0) is 61.0 Å². The first-order valence-corrected chi connectivity index (χ1v) is 10.2. The molecule has 164 valence electrons. The topological polar surface area (TPSA) is 115 Å². The fourth-order valence-electron chi connectivity index (χ4n) is 3.47. The molecule has 0 bridgehead atoms. The fraction of sp³-hybridized carbons (Fsp3) is 0.273. The molecule has 10 heteroatoms. The van der Waals surface area contributed by atoms with Crippen LogP contribution in [0.1, 0.15) is 24.7 Å². The molecule has 2 heterocycles. The summed E-state index contributed by atoms with van der Waals surface area (Å²) in [4.78, 5) is 25.5. The van der Waals surface area contributed by atoms with Gasteiger partial charge in [-0.3, -0.25) is 9.80 Å². The highest BCUT2D eigenvalue weighted by molar-refractivity contribution is 6.38. The largest absolute Gasteiger partial charge is 0.461 e. The van der Waals surface area contributed by atoms with E-state index in [2.05, 4.69) is 25.9 Å². The van der Waals surface area contributed by atoms with Gasteiger partial charge in [0.1, 0.15) is 11.8 Å². The van der Waals surface area contributed by atoms with Crippen molar-refractivity contribution in [1.82, 2.24) is 20.2 Å². The number of rotatable bonds is 6. The summed E-state index contributed by atoms with van der Waals surface area (Å²) in [5, 5.41) is 20.5. The quantitative estimate of drug-likeness (QED) is 0.594. The number of hydrogen-bond acceptors (Lipinski definition) is 8. The van der Waals surface area contributed by atoms with Crippen molar-refractivity contribution in [2.45, 2.75) is 33.2 Å². The predicted molar refractivity (Wildman–Crippen MR) is 119 cm³/mol. The zero-order valence-corrected chi connectivity index (χ0v) is 18.0. The van der Waals surface area contributed by atoms with E-state index in [1.807, 2.05) is 55.5 Å². The molecule has 0 saturated carbocycles. The van der Waals surface area contributed by atoms with Crippen LogP contribution in [0.5, 0.6) is 0 Å². The minimum Gasteiger partial charge on any atom is -0.461 e. The van der Waals surface area contributed by atoms with Crippen LogP contribution in [0.3, 0.4) is 0 Å². The summed E-state index contributed by atoms with van der Waals surface area (Å²) in [6.07, 6.45) is 0.143. The summed E-state index contributed by atoms with van der Waals surface area (Å²) in [5.74, 6) is -0.175. The number of aromatic nitrogens is 4. The van der Waals surface area contributed by atoms with Crippen LogP contribution < -0.4 is 10.3 Å². The third-order valence-corrected chi connectivity index (χ3v) is 5.08. The number of carbonyl (C=O) groups excluding carboxylic acids is 2. The van der Waals surface area contributed by atoms with Crippen LogP contribution >= 0.6 is 0 Å². The van der Waals surface area contributed by atoms with Crippen molar-refractivity contribution in [3.05, 3.63) is 59.9 Å².